The van der Waals surface area contributed by atoms with E-state index in [9.17, 15) is 13.6 Å². The lowest BCUT2D eigenvalue weighted by Gasteiger charge is -2.20. The molecule has 1 aromatic carbocycles. The van der Waals surface area contributed by atoms with Crippen molar-refractivity contribution in [2.45, 2.75) is 32.6 Å². The molecule has 2 aromatic rings. The fourth-order valence-corrected chi connectivity index (χ4v) is 3.90. The average Bonchev–Trinajstić information content (AvgIpc) is 2.83. The van der Waals surface area contributed by atoms with Gasteiger partial charge in [0.05, 0.1) is 0 Å². The molecule has 2 amide bonds. The smallest absolute Gasteiger partial charge is 0.323 e. The Kier molecular flexibility index (Phi) is 6.03. The molecule has 140 valence electrons. The Labute approximate surface area is 159 Å². The molecule has 1 aliphatic rings. The van der Waals surface area contributed by atoms with E-state index in [1.807, 2.05) is 0 Å². The molecule has 1 atom stereocenters. The van der Waals surface area contributed by atoms with Crippen molar-refractivity contribution < 1.29 is 13.6 Å². The summed E-state index contributed by atoms with van der Waals surface area (Å²) in [5.74, 6) is -0.490. The quantitative estimate of drug-likeness (QED) is 0.815. The van der Waals surface area contributed by atoms with Gasteiger partial charge in [0.1, 0.15) is 17.5 Å². The number of halogens is 3. The van der Waals surface area contributed by atoms with E-state index in [1.54, 1.807) is 11.8 Å². The Balaban J connectivity index is 1.59. The Morgan fingerprint density at radius 1 is 1.35 bits per heavy atom. The third kappa shape index (κ3) is 4.67. The summed E-state index contributed by atoms with van der Waals surface area (Å²) in [6.07, 6.45) is 2.58. The second kappa shape index (κ2) is 8.26. The van der Waals surface area contributed by atoms with E-state index in [2.05, 4.69) is 14.7 Å². The third-order valence-electron chi connectivity index (χ3n) is 4.47. The SMILES string of the molecule is Cc1nsc(NC(=O)N2CCCC(Cc3c(F)cc(Cl)cc3F)CC2)n1. The number of aromatic nitrogens is 2. The van der Waals surface area contributed by atoms with Crippen LogP contribution in [-0.2, 0) is 6.42 Å². The lowest BCUT2D eigenvalue weighted by atomic mass is 9.92. The number of likely N-dealkylation sites (tertiary alicyclic amines) is 1. The van der Waals surface area contributed by atoms with Crippen molar-refractivity contribution in [3.8, 4) is 0 Å². The molecule has 0 bridgehead atoms. The largest absolute Gasteiger partial charge is 0.324 e. The predicted molar refractivity (Wildman–Crippen MR) is 97.7 cm³/mol. The van der Waals surface area contributed by atoms with Crippen molar-refractivity contribution in [3.63, 3.8) is 0 Å². The molecule has 3 rings (SSSR count). The number of urea groups is 1. The number of rotatable bonds is 3. The Hall–Kier alpha value is -1.80. The molecule has 1 N–H and O–H groups in total. The maximum Gasteiger partial charge on any atom is 0.323 e. The monoisotopic (exact) mass is 400 g/mol. The number of hydrogen-bond acceptors (Lipinski definition) is 4. The zero-order chi connectivity index (χ0) is 18.7. The molecule has 1 aromatic heterocycles. The van der Waals surface area contributed by atoms with Crippen LogP contribution < -0.4 is 5.32 Å². The molecule has 0 spiro atoms. The standard InChI is InChI=1S/C17H19ClF2N4OS/c1-10-21-16(26-23-10)22-17(25)24-5-2-3-11(4-6-24)7-13-14(19)8-12(18)9-15(13)20/h8-9,11H,2-7H2,1H3,(H,21,22,23,25). The van der Waals surface area contributed by atoms with Crippen molar-refractivity contribution in [2.24, 2.45) is 5.92 Å². The van der Waals surface area contributed by atoms with Gasteiger partial charge in [0.2, 0.25) is 5.13 Å². The molecule has 2 heterocycles. The van der Waals surface area contributed by atoms with E-state index in [-0.39, 0.29) is 22.5 Å². The van der Waals surface area contributed by atoms with Gasteiger partial charge in [-0.2, -0.15) is 4.37 Å². The lowest BCUT2D eigenvalue weighted by molar-refractivity contribution is 0.213. The van der Waals surface area contributed by atoms with E-state index in [0.29, 0.717) is 36.9 Å². The highest BCUT2D eigenvalue weighted by Crippen LogP contribution is 2.27. The van der Waals surface area contributed by atoms with Gasteiger partial charge >= 0.3 is 6.03 Å². The summed E-state index contributed by atoms with van der Waals surface area (Å²) in [6.45, 7) is 2.90. The van der Waals surface area contributed by atoms with E-state index in [1.165, 1.54) is 0 Å². The second-order valence-electron chi connectivity index (χ2n) is 6.41. The zero-order valence-electron chi connectivity index (χ0n) is 14.3. The van der Waals surface area contributed by atoms with Gasteiger partial charge in [-0.1, -0.05) is 11.6 Å². The summed E-state index contributed by atoms with van der Waals surface area (Å²) in [5.41, 5.74) is 0.0710. The highest BCUT2D eigenvalue weighted by Gasteiger charge is 2.23. The van der Waals surface area contributed by atoms with Crippen molar-refractivity contribution in [1.82, 2.24) is 14.3 Å². The number of nitrogens with one attached hydrogen (secondary N) is 1. The molecule has 0 radical (unpaired) electrons. The van der Waals surface area contributed by atoms with Crippen LogP contribution in [-0.4, -0.2) is 33.4 Å². The van der Waals surface area contributed by atoms with E-state index >= 15 is 0 Å². The molecule has 1 unspecified atom stereocenters. The van der Waals surface area contributed by atoms with Crippen molar-refractivity contribution >= 4 is 34.3 Å². The van der Waals surface area contributed by atoms with Crippen LogP contribution in [0.25, 0.3) is 0 Å². The molecule has 5 nitrogen and oxygen atoms in total. The number of nitrogens with zero attached hydrogens (tertiary/aromatic N) is 3. The Bertz CT molecular complexity index is 778. The average molecular weight is 401 g/mol. The van der Waals surface area contributed by atoms with Gasteiger partial charge in [-0.05, 0) is 50.7 Å². The van der Waals surface area contributed by atoms with Crippen molar-refractivity contribution in [3.05, 3.63) is 40.2 Å². The first-order valence-corrected chi connectivity index (χ1v) is 9.57. The minimum absolute atomic E-state index is 0.0550. The summed E-state index contributed by atoms with van der Waals surface area (Å²) in [5, 5.41) is 3.27. The van der Waals surface area contributed by atoms with Crippen LogP contribution in [0, 0.1) is 24.5 Å². The summed E-state index contributed by atoms with van der Waals surface area (Å²) in [4.78, 5) is 18.2. The maximum atomic E-state index is 14.0. The molecular weight excluding hydrogens is 382 g/mol. The van der Waals surface area contributed by atoms with Crippen LogP contribution in [0.15, 0.2) is 12.1 Å². The summed E-state index contributed by atoms with van der Waals surface area (Å²) in [6, 6.07) is 2.06. The normalized spacial score (nSPS) is 17.8. The van der Waals surface area contributed by atoms with Gasteiger partial charge in [-0.3, -0.25) is 5.32 Å². The molecule has 9 heteroatoms. The molecule has 1 aliphatic heterocycles. The maximum absolute atomic E-state index is 14.0. The topological polar surface area (TPSA) is 58.1 Å². The first-order chi connectivity index (χ1) is 12.4. The van der Waals surface area contributed by atoms with Gasteiger partial charge < -0.3 is 4.90 Å². The number of hydrogen-bond donors (Lipinski definition) is 1. The zero-order valence-corrected chi connectivity index (χ0v) is 15.8. The van der Waals surface area contributed by atoms with Crippen LogP contribution >= 0.6 is 23.1 Å². The Morgan fingerprint density at radius 2 is 2.08 bits per heavy atom. The molecule has 0 aliphatic carbocycles. The molecule has 1 fully saturated rings. The highest BCUT2D eigenvalue weighted by molar-refractivity contribution is 7.09. The van der Waals surface area contributed by atoms with Gasteiger partial charge in [-0.15, -0.1) is 0 Å². The number of anilines is 1. The van der Waals surface area contributed by atoms with Gasteiger partial charge in [0, 0.05) is 35.2 Å². The number of amides is 2. The van der Waals surface area contributed by atoms with E-state index in [0.717, 1.165) is 36.5 Å². The molecule has 0 saturated carbocycles. The summed E-state index contributed by atoms with van der Waals surface area (Å²) >= 11 is 6.81. The van der Waals surface area contributed by atoms with E-state index in [4.69, 9.17) is 11.6 Å². The fourth-order valence-electron chi connectivity index (χ4n) is 3.15. The summed E-state index contributed by atoms with van der Waals surface area (Å²) < 4.78 is 32.0. The van der Waals surface area contributed by atoms with Crippen molar-refractivity contribution in [1.29, 1.82) is 0 Å². The van der Waals surface area contributed by atoms with Gasteiger partial charge in [-0.25, -0.2) is 18.6 Å². The predicted octanol–water partition coefficient (Wildman–Crippen LogP) is 4.65. The number of benzene rings is 1. The molecule has 26 heavy (non-hydrogen) atoms. The van der Waals surface area contributed by atoms with Crippen LogP contribution in [0.4, 0.5) is 18.7 Å². The van der Waals surface area contributed by atoms with E-state index < -0.39 is 11.6 Å². The number of aryl methyl sites for hydroxylation is 1. The summed E-state index contributed by atoms with van der Waals surface area (Å²) in [7, 11) is 0. The minimum Gasteiger partial charge on any atom is -0.324 e. The van der Waals surface area contributed by atoms with Gasteiger partial charge in [0.15, 0.2) is 0 Å². The van der Waals surface area contributed by atoms with Crippen molar-refractivity contribution in [2.75, 3.05) is 18.4 Å². The first kappa shape index (κ1) is 19.0. The lowest BCUT2D eigenvalue weighted by Crippen LogP contribution is -2.35. The second-order valence-corrected chi connectivity index (χ2v) is 7.60. The minimum atomic E-state index is -0.611. The number of carbonyl (C=O) groups is 1. The molecular formula is C17H19ClF2N4OS. The highest BCUT2D eigenvalue weighted by atomic mass is 35.5. The fraction of sp³-hybridized carbons (Fsp3) is 0.471. The van der Waals surface area contributed by atoms with Crippen LogP contribution in [0.2, 0.25) is 5.02 Å². The van der Waals surface area contributed by atoms with Crippen LogP contribution in [0.3, 0.4) is 0 Å². The Morgan fingerprint density at radius 3 is 2.73 bits per heavy atom. The van der Waals surface area contributed by atoms with Crippen LogP contribution in [0.5, 0.6) is 0 Å². The number of carbonyl (C=O) groups excluding carboxylic acids is 1. The molecule has 1 saturated heterocycles. The first-order valence-electron chi connectivity index (χ1n) is 8.42. The van der Waals surface area contributed by atoms with Gasteiger partial charge in [0.25, 0.3) is 0 Å². The van der Waals surface area contributed by atoms with Crippen LogP contribution in [0.1, 0.15) is 30.7 Å². The third-order valence-corrected chi connectivity index (χ3v) is 5.41.